The molecule has 3 fully saturated rings. The van der Waals surface area contributed by atoms with E-state index < -0.39 is 24.2 Å². The van der Waals surface area contributed by atoms with Gasteiger partial charge >= 0.3 is 6.16 Å². The van der Waals surface area contributed by atoms with Crippen LogP contribution in [-0.4, -0.2) is 49.6 Å². The smallest absolute Gasteiger partial charge is 0.438 e. The van der Waals surface area contributed by atoms with Gasteiger partial charge in [-0.15, -0.1) is 0 Å². The molecule has 120 valence electrons. The van der Waals surface area contributed by atoms with Gasteiger partial charge in [-0.2, -0.15) is 0 Å². The molecule has 0 unspecified atom stereocenters. The van der Waals surface area contributed by atoms with Gasteiger partial charge in [-0.3, -0.25) is 0 Å². The van der Waals surface area contributed by atoms with E-state index in [9.17, 15) is 9.90 Å². The summed E-state index contributed by atoms with van der Waals surface area (Å²) in [7, 11) is 1.27. The summed E-state index contributed by atoms with van der Waals surface area (Å²) in [6, 6.07) is 0. The first kappa shape index (κ1) is 15.1. The van der Waals surface area contributed by atoms with E-state index in [4.69, 9.17) is 14.2 Å². The van der Waals surface area contributed by atoms with E-state index in [0.717, 1.165) is 6.42 Å². The summed E-state index contributed by atoms with van der Waals surface area (Å²) in [6.45, 7) is 5.56. The van der Waals surface area contributed by atoms with E-state index in [1.807, 2.05) is 0 Å². The van der Waals surface area contributed by atoms with Crippen molar-refractivity contribution < 1.29 is 28.8 Å². The molecule has 3 aliphatic rings. The Morgan fingerprint density at radius 1 is 1.24 bits per heavy atom. The second-order valence-corrected chi connectivity index (χ2v) is 7.32. The van der Waals surface area contributed by atoms with Crippen molar-refractivity contribution in [1.82, 2.24) is 0 Å². The second-order valence-electron chi connectivity index (χ2n) is 7.32. The fourth-order valence-electron chi connectivity index (χ4n) is 3.83. The molecular formula is C15H24O6. The van der Waals surface area contributed by atoms with E-state index in [0.29, 0.717) is 26.1 Å². The van der Waals surface area contributed by atoms with Crippen molar-refractivity contribution in [3.63, 3.8) is 0 Å². The number of hydrogen-bond donors (Lipinski definition) is 1. The first-order chi connectivity index (χ1) is 9.84. The lowest BCUT2D eigenvalue weighted by Crippen LogP contribution is -2.47. The van der Waals surface area contributed by atoms with Crippen LogP contribution in [0.25, 0.3) is 0 Å². The maximum Gasteiger partial charge on any atom is 0.508 e. The normalized spacial score (nSPS) is 40.0. The molecule has 1 saturated heterocycles. The lowest BCUT2D eigenvalue weighted by molar-refractivity contribution is -0.298. The van der Waals surface area contributed by atoms with Gasteiger partial charge in [-0.05, 0) is 12.3 Å². The molecule has 1 heterocycles. The van der Waals surface area contributed by atoms with Crippen molar-refractivity contribution in [2.45, 2.75) is 51.1 Å². The summed E-state index contributed by atoms with van der Waals surface area (Å²) < 4.78 is 21.8. The Balaban J connectivity index is 1.67. The maximum absolute atomic E-state index is 11.3. The number of aliphatic hydroxyl groups is 1. The van der Waals surface area contributed by atoms with Gasteiger partial charge in [0.25, 0.3) is 0 Å². The standard InChI is InChI=1S/C15H24O6/c1-14(2)7-19-15(20-8-14)5-9-4-11(16)12(10(9)6-15)21-13(17)18-3/h9-12,16H,4-8H2,1-3H3/t9-,10+,11-,12+/m1/s1. The van der Waals surface area contributed by atoms with Gasteiger partial charge in [0.1, 0.15) is 6.10 Å². The van der Waals surface area contributed by atoms with Gasteiger partial charge in [0.2, 0.25) is 0 Å². The van der Waals surface area contributed by atoms with E-state index in [-0.39, 0.29) is 17.3 Å². The number of hydrogen-bond acceptors (Lipinski definition) is 6. The Labute approximate surface area is 124 Å². The van der Waals surface area contributed by atoms with Gasteiger partial charge in [-0.25, -0.2) is 4.79 Å². The molecular weight excluding hydrogens is 276 g/mol. The molecule has 2 aliphatic carbocycles. The van der Waals surface area contributed by atoms with Crippen molar-refractivity contribution in [2.75, 3.05) is 20.3 Å². The quantitative estimate of drug-likeness (QED) is 0.743. The van der Waals surface area contributed by atoms with Crippen LogP contribution in [0.15, 0.2) is 0 Å². The maximum atomic E-state index is 11.3. The molecule has 6 heteroatoms. The van der Waals surface area contributed by atoms with Crippen LogP contribution in [-0.2, 0) is 18.9 Å². The van der Waals surface area contributed by atoms with E-state index in [2.05, 4.69) is 18.6 Å². The average molecular weight is 300 g/mol. The predicted molar refractivity (Wildman–Crippen MR) is 72.5 cm³/mol. The Morgan fingerprint density at radius 3 is 2.52 bits per heavy atom. The fraction of sp³-hybridized carbons (Fsp3) is 0.933. The lowest BCUT2D eigenvalue weighted by atomic mass is 9.94. The summed E-state index contributed by atoms with van der Waals surface area (Å²) in [5, 5.41) is 10.1. The van der Waals surface area contributed by atoms with E-state index >= 15 is 0 Å². The number of methoxy groups -OCH3 is 1. The fourth-order valence-corrected chi connectivity index (χ4v) is 3.83. The zero-order valence-corrected chi connectivity index (χ0v) is 12.8. The van der Waals surface area contributed by atoms with Crippen LogP contribution in [0.3, 0.4) is 0 Å². The largest absolute Gasteiger partial charge is 0.508 e. The Kier molecular flexibility index (Phi) is 3.66. The first-order valence-electron chi connectivity index (χ1n) is 7.55. The highest BCUT2D eigenvalue weighted by atomic mass is 16.7. The first-order valence-corrected chi connectivity index (χ1v) is 7.55. The third-order valence-corrected chi connectivity index (χ3v) is 4.92. The van der Waals surface area contributed by atoms with Crippen LogP contribution < -0.4 is 0 Å². The molecule has 0 bridgehead atoms. The molecule has 1 spiro atoms. The number of rotatable bonds is 1. The molecule has 0 amide bonds. The summed E-state index contributed by atoms with van der Waals surface area (Å²) in [5.74, 6) is -0.237. The highest BCUT2D eigenvalue weighted by molar-refractivity contribution is 5.60. The average Bonchev–Trinajstić information content (AvgIpc) is 2.90. The minimum atomic E-state index is -0.743. The van der Waals surface area contributed by atoms with Gasteiger partial charge in [0.05, 0.1) is 26.4 Å². The molecule has 0 aromatic heterocycles. The minimum absolute atomic E-state index is 0.0321. The molecule has 0 aromatic rings. The van der Waals surface area contributed by atoms with Crippen molar-refractivity contribution >= 4 is 6.16 Å². The zero-order chi connectivity index (χ0) is 15.3. The summed E-state index contributed by atoms with van der Waals surface area (Å²) in [6.07, 6.45) is 0.135. The summed E-state index contributed by atoms with van der Waals surface area (Å²) in [5.41, 5.74) is 0.0321. The molecule has 2 saturated carbocycles. The lowest BCUT2D eigenvalue weighted by Gasteiger charge is -2.42. The highest BCUT2D eigenvalue weighted by Crippen LogP contribution is 2.53. The minimum Gasteiger partial charge on any atom is -0.438 e. The number of carbonyl (C=O) groups is 1. The SMILES string of the molecule is COC(=O)O[C@H]1[C@H]2CC3(C[C@H]2C[C@H]1O)OCC(C)(C)CO3. The van der Waals surface area contributed by atoms with Crippen LogP contribution in [0.5, 0.6) is 0 Å². The molecule has 1 N–H and O–H groups in total. The third kappa shape index (κ3) is 2.76. The van der Waals surface area contributed by atoms with Crippen LogP contribution in [0.1, 0.15) is 33.1 Å². The highest BCUT2D eigenvalue weighted by Gasteiger charge is 2.58. The van der Waals surface area contributed by atoms with E-state index in [1.54, 1.807) is 0 Å². The topological polar surface area (TPSA) is 74.2 Å². The zero-order valence-electron chi connectivity index (χ0n) is 12.8. The van der Waals surface area contributed by atoms with Crippen LogP contribution in [0, 0.1) is 17.3 Å². The monoisotopic (exact) mass is 300 g/mol. The van der Waals surface area contributed by atoms with Gasteiger partial charge in [-0.1, -0.05) is 13.8 Å². The Morgan fingerprint density at radius 2 is 1.90 bits per heavy atom. The van der Waals surface area contributed by atoms with Gasteiger partial charge < -0.3 is 24.1 Å². The second kappa shape index (κ2) is 5.11. The number of carbonyl (C=O) groups excluding carboxylic acids is 1. The third-order valence-electron chi connectivity index (χ3n) is 4.92. The van der Waals surface area contributed by atoms with Crippen molar-refractivity contribution in [2.24, 2.45) is 17.3 Å². The number of aliphatic hydroxyl groups excluding tert-OH is 1. The van der Waals surface area contributed by atoms with Crippen molar-refractivity contribution in [3.8, 4) is 0 Å². The molecule has 1 aliphatic heterocycles. The van der Waals surface area contributed by atoms with Gasteiger partial charge in [0, 0.05) is 24.2 Å². The molecule has 4 atom stereocenters. The number of fused-ring (bicyclic) bond motifs is 1. The molecule has 21 heavy (non-hydrogen) atoms. The van der Waals surface area contributed by atoms with E-state index in [1.165, 1.54) is 7.11 Å². The Hall–Kier alpha value is -0.850. The number of ether oxygens (including phenoxy) is 4. The summed E-state index contributed by atoms with van der Waals surface area (Å²) >= 11 is 0. The van der Waals surface area contributed by atoms with Crippen molar-refractivity contribution in [1.29, 1.82) is 0 Å². The Bertz CT molecular complexity index is 410. The molecule has 0 aromatic carbocycles. The van der Waals surface area contributed by atoms with Gasteiger partial charge in [0.15, 0.2) is 5.79 Å². The molecule has 0 radical (unpaired) electrons. The molecule has 6 nitrogen and oxygen atoms in total. The molecule has 3 rings (SSSR count). The van der Waals surface area contributed by atoms with Crippen LogP contribution >= 0.6 is 0 Å². The van der Waals surface area contributed by atoms with Crippen LogP contribution in [0.4, 0.5) is 4.79 Å². The van der Waals surface area contributed by atoms with Crippen molar-refractivity contribution in [3.05, 3.63) is 0 Å². The van der Waals surface area contributed by atoms with Crippen LogP contribution in [0.2, 0.25) is 0 Å². The summed E-state index contributed by atoms with van der Waals surface area (Å²) in [4.78, 5) is 11.3. The predicted octanol–water partition coefficient (Wildman–Crippen LogP) is 1.70.